The van der Waals surface area contributed by atoms with Crippen molar-refractivity contribution in [2.24, 2.45) is 17.8 Å². The number of methoxy groups -OCH3 is 1. The topological polar surface area (TPSA) is 74.4 Å². The van der Waals surface area contributed by atoms with Crippen molar-refractivity contribution in [3.63, 3.8) is 0 Å². The van der Waals surface area contributed by atoms with Crippen LogP contribution in [-0.4, -0.2) is 103 Å². The minimum absolute atomic E-state index is 0.0348. The smallest absolute Gasteiger partial charge is 0.262 e. The Labute approximate surface area is 311 Å². The van der Waals surface area contributed by atoms with Gasteiger partial charge >= 0.3 is 0 Å². The van der Waals surface area contributed by atoms with E-state index in [1.807, 2.05) is 32.2 Å². The second-order valence-corrected chi connectivity index (χ2v) is 19.7. The number of carbonyl (C=O) groups is 1. The Kier molecular flexibility index (Phi) is 9.88. The van der Waals surface area contributed by atoms with E-state index in [0.717, 1.165) is 87.7 Å². The summed E-state index contributed by atoms with van der Waals surface area (Å²) >= 11 is 6.51. The van der Waals surface area contributed by atoms with Gasteiger partial charge in [-0.3, -0.25) is 14.4 Å². The molecular formula is C41H57ClN4O4S. The molecule has 2 aromatic carbocycles. The van der Waals surface area contributed by atoms with Gasteiger partial charge in [0, 0.05) is 66.6 Å². The molecule has 7 atom stereocenters. The van der Waals surface area contributed by atoms with E-state index in [0.29, 0.717) is 24.0 Å². The minimum Gasteiger partial charge on any atom is -0.490 e. The number of anilines is 1. The van der Waals surface area contributed by atoms with Gasteiger partial charge in [0.1, 0.15) is 11.4 Å². The Morgan fingerprint density at radius 3 is 2.63 bits per heavy atom. The first-order valence-corrected chi connectivity index (χ1v) is 21.0. The highest BCUT2D eigenvalue weighted by Gasteiger charge is 2.52. The molecule has 3 aliphatic heterocycles. The van der Waals surface area contributed by atoms with Crippen LogP contribution in [0.25, 0.3) is 0 Å². The zero-order valence-corrected chi connectivity index (χ0v) is 33.0. The average Bonchev–Trinajstić information content (AvgIpc) is 3.21. The summed E-state index contributed by atoms with van der Waals surface area (Å²) in [4.78, 5) is 21.2. The van der Waals surface area contributed by atoms with Crippen molar-refractivity contribution < 1.29 is 18.5 Å². The molecule has 2 aliphatic carbocycles. The van der Waals surface area contributed by atoms with Crippen LogP contribution in [0.1, 0.15) is 74.4 Å². The molecule has 1 saturated carbocycles. The lowest BCUT2D eigenvalue weighted by atomic mass is 9.63. The van der Waals surface area contributed by atoms with E-state index in [9.17, 15) is 9.00 Å². The molecule has 51 heavy (non-hydrogen) atoms. The standard InChI is InChI=1S/C41H57ClN4O4S/c1-28-10-8-19-41(49-6,26-45-23-39(3,24-45)44(4)5)35-15-12-32(35)22-46-25-40(18-9-11-30-20-33(42)14-16-34(30)40)27-50-37-17-13-31(21-36(37)46)38(47)43-51(7,48)29(28)2/h8,13-14,16-17,19-21,28-29,32,35H,7,9-12,15,18,22-27H2,1-6H3,(H,43,47,48)/b19-8+/t28-,29+,32-,35+,40-,41-,51?/m0/s1. The SMILES string of the molecule is C=S1(=O)NC(=O)c2ccc3c(c2)N(C[C@@H]2CC[C@H]2[C@](CN2CC(C)(N(C)C)C2)(OC)/C=C/C[C@H](C)[C@H]1C)C[C@@]1(CCCc2cc(Cl)ccc21)CO3. The number of hydrogen-bond donors (Lipinski definition) is 1. The number of carbonyl (C=O) groups excluding carboxylic acids is 1. The number of fused-ring (bicyclic) bond motifs is 4. The van der Waals surface area contributed by atoms with E-state index in [1.165, 1.54) is 11.1 Å². The van der Waals surface area contributed by atoms with Crippen LogP contribution in [0.2, 0.25) is 5.02 Å². The minimum atomic E-state index is -2.95. The third-order valence-electron chi connectivity index (χ3n) is 13.4. The molecule has 278 valence electrons. The fourth-order valence-electron chi connectivity index (χ4n) is 9.57. The summed E-state index contributed by atoms with van der Waals surface area (Å²) in [5.41, 5.74) is 3.47. The number of halogens is 1. The quantitative estimate of drug-likeness (QED) is 0.296. The number of hydrogen-bond acceptors (Lipinski definition) is 7. The number of aryl methyl sites for hydroxylation is 1. The summed E-state index contributed by atoms with van der Waals surface area (Å²) in [5, 5.41) is 0.438. The van der Waals surface area contributed by atoms with E-state index >= 15 is 0 Å². The molecule has 1 amide bonds. The predicted octanol–water partition coefficient (Wildman–Crippen LogP) is 6.21. The Hall–Kier alpha value is -2.56. The number of allylic oxidation sites excluding steroid dienone is 1. The normalized spacial score (nSPS) is 35.8. The summed E-state index contributed by atoms with van der Waals surface area (Å²) in [6.45, 7) is 11.3. The maximum absolute atomic E-state index is 14.0. The van der Waals surface area contributed by atoms with Crippen LogP contribution in [0.5, 0.6) is 5.75 Å². The van der Waals surface area contributed by atoms with Crippen LogP contribution in [0.4, 0.5) is 5.69 Å². The van der Waals surface area contributed by atoms with Gasteiger partial charge in [-0.1, -0.05) is 36.7 Å². The van der Waals surface area contributed by atoms with Crippen molar-refractivity contribution in [2.45, 2.75) is 81.1 Å². The molecule has 2 bridgehead atoms. The molecule has 1 saturated heterocycles. The fraction of sp³-hybridized carbons (Fsp3) is 0.610. The first-order valence-electron chi connectivity index (χ1n) is 18.8. The van der Waals surface area contributed by atoms with Crippen molar-refractivity contribution in [3.8, 4) is 5.75 Å². The van der Waals surface area contributed by atoms with Crippen LogP contribution in [0, 0.1) is 17.8 Å². The predicted molar refractivity (Wildman–Crippen MR) is 210 cm³/mol. The second-order valence-electron chi connectivity index (χ2n) is 16.9. The van der Waals surface area contributed by atoms with Gasteiger partial charge in [-0.05, 0) is 132 Å². The highest BCUT2D eigenvalue weighted by atomic mass is 35.5. The zero-order valence-electron chi connectivity index (χ0n) is 31.4. The largest absolute Gasteiger partial charge is 0.490 e. The van der Waals surface area contributed by atoms with Crippen molar-refractivity contribution in [2.75, 3.05) is 65.4 Å². The Morgan fingerprint density at radius 1 is 1.14 bits per heavy atom. The number of rotatable bonds is 4. The number of nitrogens with one attached hydrogen (secondary N) is 1. The molecule has 1 unspecified atom stereocenters. The first-order chi connectivity index (χ1) is 24.2. The third-order valence-corrected chi connectivity index (χ3v) is 15.9. The van der Waals surface area contributed by atoms with Gasteiger partial charge in [0.15, 0.2) is 0 Å². The summed E-state index contributed by atoms with van der Waals surface area (Å²) in [6.07, 6.45) is 10.6. The Balaban J connectivity index is 1.30. The summed E-state index contributed by atoms with van der Waals surface area (Å²) < 4.78 is 30.3. The van der Waals surface area contributed by atoms with Gasteiger partial charge in [-0.15, -0.1) is 0 Å². The van der Waals surface area contributed by atoms with Crippen molar-refractivity contribution in [3.05, 3.63) is 70.3 Å². The van der Waals surface area contributed by atoms with Crippen LogP contribution in [0.15, 0.2) is 48.6 Å². The van der Waals surface area contributed by atoms with Crippen molar-refractivity contribution in [1.82, 2.24) is 14.5 Å². The molecule has 5 aliphatic rings. The molecule has 1 spiro atoms. The number of amides is 1. The zero-order chi connectivity index (χ0) is 36.3. The molecule has 2 aromatic rings. The third kappa shape index (κ3) is 6.75. The number of likely N-dealkylation sites (tertiary alicyclic amines) is 1. The number of benzene rings is 2. The van der Waals surface area contributed by atoms with E-state index < -0.39 is 15.3 Å². The maximum Gasteiger partial charge on any atom is 0.262 e. The highest BCUT2D eigenvalue weighted by molar-refractivity contribution is 7.99. The van der Waals surface area contributed by atoms with Crippen molar-refractivity contribution >= 4 is 38.8 Å². The molecule has 0 aromatic heterocycles. The molecule has 7 rings (SSSR count). The van der Waals surface area contributed by atoms with Gasteiger partial charge in [0.25, 0.3) is 5.91 Å². The lowest BCUT2D eigenvalue weighted by Crippen LogP contribution is -2.70. The fourth-order valence-corrected chi connectivity index (χ4v) is 11.2. The molecule has 8 nitrogen and oxygen atoms in total. The summed E-state index contributed by atoms with van der Waals surface area (Å²) in [6, 6.07) is 12.0. The van der Waals surface area contributed by atoms with E-state index in [1.54, 1.807) is 6.07 Å². The van der Waals surface area contributed by atoms with Gasteiger partial charge in [-0.25, -0.2) is 4.21 Å². The first kappa shape index (κ1) is 36.8. The molecule has 3 heterocycles. The average molecular weight is 737 g/mol. The number of nitrogens with zero attached hydrogens (tertiary/aromatic N) is 3. The molecular weight excluding hydrogens is 680 g/mol. The monoisotopic (exact) mass is 736 g/mol. The Morgan fingerprint density at radius 2 is 1.92 bits per heavy atom. The molecule has 0 radical (unpaired) electrons. The number of ether oxygens (including phenoxy) is 2. The van der Waals surface area contributed by atoms with Crippen LogP contribution in [-0.2, 0) is 26.3 Å². The highest BCUT2D eigenvalue weighted by Crippen LogP contribution is 2.49. The number of likely N-dealkylation sites (N-methyl/N-ethyl adjacent to an activating group) is 1. The van der Waals surface area contributed by atoms with Crippen molar-refractivity contribution in [1.29, 1.82) is 0 Å². The lowest BCUT2D eigenvalue weighted by molar-refractivity contribution is -0.120. The van der Waals surface area contributed by atoms with E-state index in [4.69, 9.17) is 21.1 Å². The van der Waals surface area contributed by atoms with Gasteiger partial charge < -0.3 is 19.3 Å². The maximum atomic E-state index is 14.0. The second kappa shape index (κ2) is 13.7. The summed E-state index contributed by atoms with van der Waals surface area (Å²) in [5.74, 6) is 5.21. The molecule has 2 fully saturated rings. The summed E-state index contributed by atoms with van der Waals surface area (Å²) in [7, 11) is 3.28. The van der Waals surface area contributed by atoms with Gasteiger partial charge in [0.05, 0.1) is 22.0 Å². The molecule has 10 heteroatoms. The van der Waals surface area contributed by atoms with E-state index in [-0.39, 0.29) is 28.0 Å². The lowest BCUT2D eigenvalue weighted by Gasteiger charge is -2.57. The van der Waals surface area contributed by atoms with Crippen LogP contribution >= 0.6 is 11.6 Å². The Bertz CT molecular complexity index is 1790. The van der Waals surface area contributed by atoms with E-state index in [2.05, 4.69) is 77.5 Å². The van der Waals surface area contributed by atoms with Gasteiger partial charge in [-0.2, -0.15) is 0 Å². The molecule has 1 N–H and O–H groups in total. The van der Waals surface area contributed by atoms with Gasteiger partial charge in [0.2, 0.25) is 0 Å². The van der Waals surface area contributed by atoms with Crippen LogP contribution in [0.3, 0.4) is 0 Å². The van der Waals surface area contributed by atoms with Crippen LogP contribution < -0.4 is 14.4 Å².